The number of halogens is 1. The standard InChI is InChI=1S/C15H18FN3O/c1-19(7-8-20)15-11-3-2-4-12(16)14(11)13(9-17-15)18-10-5-6-10/h2-4,9-10,18,20H,5-8H2,1H3. The van der Waals surface area contributed by atoms with Gasteiger partial charge in [0.2, 0.25) is 0 Å². The zero-order valence-electron chi connectivity index (χ0n) is 11.4. The van der Waals surface area contributed by atoms with Crippen molar-refractivity contribution in [3.63, 3.8) is 0 Å². The molecule has 0 radical (unpaired) electrons. The Morgan fingerprint density at radius 2 is 2.25 bits per heavy atom. The van der Waals surface area contributed by atoms with Crippen molar-refractivity contribution in [2.75, 3.05) is 30.4 Å². The van der Waals surface area contributed by atoms with Crippen molar-refractivity contribution < 1.29 is 9.50 Å². The molecule has 3 rings (SSSR count). The molecule has 0 spiro atoms. The van der Waals surface area contributed by atoms with Gasteiger partial charge in [0.1, 0.15) is 11.6 Å². The predicted molar refractivity (Wildman–Crippen MR) is 78.7 cm³/mol. The summed E-state index contributed by atoms with van der Waals surface area (Å²) in [6, 6.07) is 5.47. The van der Waals surface area contributed by atoms with E-state index in [0.717, 1.165) is 23.9 Å². The van der Waals surface area contributed by atoms with Crippen LogP contribution < -0.4 is 10.2 Å². The molecule has 20 heavy (non-hydrogen) atoms. The lowest BCUT2D eigenvalue weighted by Crippen LogP contribution is -2.22. The summed E-state index contributed by atoms with van der Waals surface area (Å²) in [5.41, 5.74) is 0.752. The van der Waals surface area contributed by atoms with Gasteiger partial charge in [-0.15, -0.1) is 0 Å². The van der Waals surface area contributed by atoms with Gasteiger partial charge in [-0.25, -0.2) is 9.37 Å². The minimum Gasteiger partial charge on any atom is -0.395 e. The number of hydrogen-bond acceptors (Lipinski definition) is 4. The van der Waals surface area contributed by atoms with Crippen molar-refractivity contribution in [1.29, 1.82) is 0 Å². The van der Waals surface area contributed by atoms with E-state index in [1.54, 1.807) is 12.3 Å². The van der Waals surface area contributed by atoms with Crippen LogP contribution in [0, 0.1) is 5.82 Å². The highest BCUT2D eigenvalue weighted by molar-refractivity contribution is 6.00. The van der Waals surface area contributed by atoms with Crippen LogP contribution in [-0.4, -0.2) is 36.3 Å². The summed E-state index contributed by atoms with van der Waals surface area (Å²) in [6.07, 6.45) is 3.94. The first-order valence-corrected chi connectivity index (χ1v) is 6.86. The average Bonchev–Trinajstić information content (AvgIpc) is 3.23. The van der Waals surface area contributed by atoms with E-state index in [4.69, 9.17) is 5.11 Å². The molecule has 1 aromatic carbocycles. The Labute approximate surface area is 117 Å². The SMILES string of the molecule is CN(CCO)c1ncc(NC2CC2)c2c(F)cccc12. The van der Waals surface area contributed by atoms with Crippen LogP contribution in [0.25, 0.3) is 10.8 Å². The van der Waals surface area contributed by atoms with Crippen LogP contribution in [0.15, 0.2) is 24.4 Å². The number of anilines is 2. The molecular weight excluding hydrogens is 257 g/mol. The predicted octanol–water partition coefficient (Wildman–Crippen LogP) is 2.38. The van der Waals surface area contributed by atoms with Gasteiger partial charge in [-0.1, -0.05) is 12.1 Å². The molecule has 4 nitrogen and oxygen atoms in total. The van der Waals surface area contributed by atoms with Crippen molar-refractivity contribution in [2.45, 2.75) is 18.9 Å². The minimum atomic E-state index is -0.244. The molecule has 1 aliphatic rings. The Kier molecular flexibility index (Phi) is 3.44. The lowest BCUT2D eigenvalue weighted by Gasteiger charge is -2.20. The number of fused-ring (bicyclic) bond motifs is 1. The summed E-state index contributed by atoms with van der Waals surface area (Å²) in [6.45, 7) is 0.505. The molecule has 1 aliphatic carbocycles. The molecule has 1 heterocycles. The van der Waals surface area contributed by atoms with Crippen LogP contribution in [0.1, 0.15) is 12.8 Å². The molecule has 0 atom stereocenters. The van der Waals surface area contributed by atoms with E-state index in [9.17, 15) is 4.39 Å². The fraction of sp³-hybridized carbons (Fsp3) is 0.400. The number of pyridine rings is 1. The molecule has 0 aliphatic heterocycles. The Hall–Kier alpha value is -1.88. The van der Waals surface area contributed by atoms with Gasteiger partial charge in [0.25, 0.3) is 0 Å². The number of aromatic nitrogens is 1. The summed E-state index contributed by atoms with van der Waals surface area (Å²) in [4.78, 5) is 6.27. The number of likely N-dealkylation sites (N-methyl/N-ethyl adjacent to an activating group) is 1. The van der Waals surface area contributed by atoms with Crippen molar-refractivity contribution in [3.05, 3.63) is 30.2 Å². The van der Waals surface area contributed by atoms with Crippen LogP contribution >= 0.6 is 0 Å². The minimum absolute atomic E-state index is 0.0388. The van der Waals surface area contributed by atoms with Gasteiger partial charge < -0.3 is 15.3 Å². The molecule has 1 aromatic heterocycles. The van der Waals surface area contributed by atoms with Crippen LogP contribution in [0.5, 0.6) is 0 Å². The topological polar surface area (TPSA) is 48.4 Å². The molecule has 0 bridgehead atoms. The highest BCUT2D eigenvalue weighted by atomic mass is 19.1. The van der Waals surface area contributed by atoms with E-state index in [-0.39, 0.29) is 12.4 Å². The number of aliphatic hydroxyl groups excluding tert-OH is 1. The van der Waals surface area contributed by atoms with Crippen LogP contribution in [0.3, 0.4) is 0 Å². The molecule has 1 saturated carbocycles. The van der Waals surface area contributed by atoms with Crippen LogP contribution in [0.2, 0.25) is 0 Å². The molecule has 0 unspecified atom stereocenters. The molecule has 2 aromatic rings. The fourth-order valence-corrected chi connectivity index (χ4v) is 2.36. The lowest BCUT2D eigenvalue weighted by atomic mass is 10.1. The maximum Gasteiger partial charge on any atom is 0.136 e. The molecule has 106 valence electrons. The Morgan fingerprint density at radius 3 is 2.95 bits per heavy atom. The van der Waals surface area contributed by atoms with E-state index in [2.05, 4.69) is 10.3 Å². The monoisotopic (exact) mass is 275 g/mol. The summed E-state index contributed by atoms with van der Waals surface area (Å²) in [5, 5.41) is 13.7. The molecule has 0 amide bonds. The lowest BCUT2D eigenvalue weighted by molar-refractivity contribution is 0.304. The Balaban J connectivity index is 2.11. The van der Waals surface area contributed by atoms with Crippen LogP contribution in [0.4, 0.5) is 15.9 Å². The summed E-state index contributed by atoms with van der Waals surface area (Å²) in [7, 11) is 1.84. The van der Waals surface area contributed by atoms with E-state index >= 15 is 0 Å². The molecule has 2 N–H and O–H groups in total. The van der Waals surface area contributed by atoms with Gasteiger partial charge in [0.05, 0.1) is 18.5 Å². The smallest absolute Gasteiger partial charge is 0.136 e. The van der Waals surface area contributed by atoms with Crippen LogP contribution in [-0.2, 0) is 0 Å². The summed E-state index contributed by atoms with van der Waals surface area (Å²) < 4.78 is 14.2. The quantitative estimate of drug-likeness (QED) is 0.879. The highest BCUT2D eigenvalue weighted by Gasteiger charge is 2.23. The maximum absolute atomic E-state index is 14.2. The van der Waals surface area contributed by atoms with E-state index < -0.39 is 0 Å². The largest absolute Gasteiger partial charge is 0.395 e. The van der Waals surface area contributed by atoms with E-state index in [0.29, 0.717) is 23.8 Å². The molecule has 1 fully saturated rings. The average molecular weight is 275 g/mol. The van der Waals surface area contributed by atoms with Crippen molar-refractivity contribution >= 4 is 22.3 Å². The van der Waals surface area contributed by atoms with Gasteiger partial charge in [-0.05, 0) is 18.9 Å². The zero-order chi connectivity index (χ0) is 14.1. The second-order valence-corrected chi connectivity index (χ2v) is 5.22. The van der Waals surface area contributed by atoms with Crippen molar-refractivity contribution in [1.82, 2.24) is 4.98 Å². The summed E-state index contributed by atoms with van der Waals surface area (Å²) in [5.74, 6) is 0.446. The van der Waals surface area contributed by atoms with Gasteiger partial charge in [0, 0.05) is 30.4 Å². The second kappa shape index (κ2) is 5.25. The van der Waals surface area contributed by atoms with Gasteiger partial charge in [-0.3, -0.25) is 0 Å². The molecule has 0 saturated heterocycles. The Bertz CT molecular complexity index is 628. The first-order valence-electron chi connectivity index (χ1n) is 6.86. The Morgan fingerprint density at radius 1 is 1.45 bits per heavy atom. The second-order valence-electron chi connectivity index (χ2n) is 5.22. The fourth-order valence-electron chi connectivity index (χ4n) is 2.36. The normalized spacial score (nSPS) is 14.6. The van der Waals surface area contributed by atoms with Crippen molar-refractivity contribution in [2.24, 2.45) is 0 Å². The van der Waals surface area contributed by atoms with E-state index in [1.165, 1.54) is 6.07 Å². The van der Waals surface area contributed by atoms with Crippen molar-refractivity contribution in [3.8, 4) is 0 Å². The highest BCUT2D eigenvalue weighted by Crippen LogP contribution is 2.34. The number of nitrogens with one attached hydrogen (secondary N) is 1. The molecule has 5 heteroatoms. The van der Waals surface area contributed by atoms with Gasteiger partial charge in [0.15, 0.2) is 0 Å². The zero-order valence-corrected chi connectivity index (χ0v) is 11.4. The van der Waals surface area contributed by atoms with Gasteiger partial charge in [-0.2, -0.15) is 0 Å². The first-order chi connectivity index (χ1) is 9.70. The number of benzene rings is 1. The summed E-state index contributed by atoms with van der Waals surface area (Å²) >= 11 is 0. The third kappa shape index (κ3) is 2.41. The molecular formula is C15H18FN3O. The van der Waals surface area contributed by atoms with E-state index in [1.807, 2.05) is 18.0 Å². The third-order valence-electron chi connectivity index (χ3n) is 3.57. The number of nitrogens with zero attached hydrogens (tertiary/aromatic N) is 2. The number of aliphatic hydroxyl groups is 1. The maximum atomic E-state index is 14.2. The first kappa shape index (κ1) is 13.1. The number of hydrogen-bond donors (Lipinski definition) is 2. The van der Waals surface area contributed by atoms with Gasteiger partial charge >= 0.3 is 0 Å². The number of rotatable bonds is 5. The third-order valence-corrected chi connectivity index (χ3v) is 3.57.